The Morgan fingerprint density at radius 3 is 2.41 bits per heavy atom. The van der Waals surface area contributed by atoms with Crippen molar-refractivity contribution in [2.24, 2.45) is 0 Å². The van der Waals surface area contributed by atoms with Gasteiger partial charge in [-0.3, -0.25) is 4.79 Å². The molecule has 88 valence electrons. The van der Waals surface area contributed by atoms with Gasteiger partial charge in [0, 0.05) is 14.9 Å². The highest BCUT2D eigenvalue weighted by atomic mass is 79.9. The lowest BCUT2D eigenvalue weighted by Crippen LogP contribution is -2.02. The summed E-state index contributed by atoms with van der Waals surface area (Å²) in [5, 5.41) is 0. The molecule has 17 heavy (non-hydrogen) atoms. The maximum atomic E-state index is 12.4. The van der Waals surface area contributed by atoms with Crippen LogP contribution in [0.4, 0.5) is 0 Å². The molecule has 2 aromatic rings. The smallest absolute Gasteiger partial charge is 0.204 e. The molecule has 0 bridgehead atoms. The van der Waals surface area contributed by atoms with Crippen molar-refractivity contribution in [2.45, 2.75) is 20.8 Å². The normalized spacial score (nSPS) is 10.6. The van der Waals surface area contributed by atoms with E-state index in [2.05, 4.69) is 15.9 Å². The van der Waals surface area contributed by atoms with E-state index in [4.69, 9.17) is 0 Å². The maximum Gasteiger partial charge on any atom is 0.204 e. The van der Waals surface area contributed by atoms with Crippen molar-refractivity contribution >= 4 is 33.0 Å². The molecule has 1 aromatic carbocycles. The number of halogens is 1. The first-order valence-electron chi connectivity index (χ1n) is 5.37. The van der Waals surface area contributed by atoms with E-state index in [9.17, 15) is 4.79 Å². The molecule has 0 saturated carbocycles. The monoisotopic (exact) mass is 308 g/mol. The Morgan fingerprint density at radius 1 is 1.18 bits per heavy atom. The Hall–Kier alpha value is -0.930. The Labute approximate surface area is 114 Å². The van der Waals surface area contributed by atoms with Crippen LogP contribution < -0.4 is 0 Å². The van der Waals surface area contributed by atoms with Gasteiger partial charge >= 0.3 is 0 Å². The van der Waals surface area contributed by atoms with E-state index in [0.29, 0.717) is 0 Å². The van der Waals surface area contributed by atoms with E-state index in [1.54, 1.807) is 0 Å². The van der Waals surface area contributed by atoms with Crippen LogP contribution >= 0.6 is 27.3 Å². The van der Waals surface area contributed by atoms with Crippen molar-refractivity contribution in [3.05, 3.63) is 55.2 Å². The number of carbonyl (C=O) groups is 1. The summed E-state index contributed by atoms with van der Waals surface area (Å²) in [5.41, 5.74) is 3.01. The Kier molecular flexibility index (Phi) is 3.50. The molecule has 0 saturated heterocycles. The largest absolute Gasteiger partial charge is 0.288 e. The molecular formula is C14H13BrOS. The number of aryl methyl sites for hydroxylation is 3. The molecule has 0 aliphatic rings. The van der Waals surface area contributed by atoms with E-state index >= 15 is 0 Å². The number of benzene rings is 1. The summed E-state index contributed by atoms with van der Waals surface area (Å²) in [5.74, 6) is 0.104. The molecule has 1 heterocycles. The number of carbonyl (C=O) groups excluding carboxylic acids is 1. The quantitative estimate of drug-likeness (QED) is 0.737. The molecule has 0 aliphatic heterocycles. The standard InChI is InChI=1S/C14H13BrOS/c1-8-4-5-11(9(2)6-8)13(16)14-12(15)7-10(3)17-14/h4-7H,1-3H3. The number of hydrogen-bond donors (Lipinski definition) is 0. The summed E-state index contributed by atoms with van der Waals surface area (Å²) in [4.78, 5) is 14.3. The molecule has 2 rings (SSSR count). The van der Waals surface area contributed by atoms with Crippen LogP contribution in [0.25, 0.3) is 0 Å². The van der Waals surface area contributed by atoms with Gasteiger partial charge in [0.05, 0.1) is 4.88 Å². The number of ketones is 1. The van der Waals surface area contributed by atoms with E-state index in [1.807, 2.05) is 45.0 Å². The molecule has 1 aromatic heterocycles. The summed E-state index contributed by atoms with van der Waals surface area (Å²) < 4.78 is 0.893. The fourth-order valence-corrected chi connectivity index (χ4v) is 3.60. The van der Waals surface area contributed by atoms with Gasteiger partial charge in [-0.15, -0.1) is 11.3 Å². The van der Waals surface area contributed by atoms with Crippen molar-refractivity contribution < 1.29 is 4.79 Å². The first-order valence-corrected chi connectivity index (χ1v) is 6.98. The molecule has 0 aliphatic carbocycles. The molecule has 0 N–H and O–H groups in total. The van der Waals surface area contributed by atoms with E-state index in [-0.39, 0.29) is 5.78 Å². The molecule has 0 spiro atoms. The van der Waals surface area contributed by atoms with Crippen molar-refractivity contribution in [1.29, 1.82) is 0 Å². The van der Waals surface area contributed by atoms with E-state index in [0.717, 1.165) is 25.4 Å². The highest BCUT2D eigenvalue weighted by molar-refractivity contribution is 9.10. The van der Waals surface area contributed by atoms with Crippen LogP contribution in [0.3, 0.4) is 0 Å². The second kappa shape index (κ2) is 4.75. The summed E-state index contributed by atoms with van der Waals surface area (Å²) in [6.07, 6.45) is 0. The lowest BCUT2D eigenvalue weighted by Gasteiger charge is -2.05. The van der Waals surface area contributed by atoms with Gasteiger partial charge in [-0.1, -0.05) is 23.8 Å². The minimum Gasteiger partial charge on any atom is -0.288 e. The van der Waals surface area contributed by atoms with Crippen molar-refractivity contribution in [3.8, 4) is 0 Å². The van der Waals surface area contributed by atoms with Gasteiger partial charge in [-0.25, -0.2) is 0 Å². The zero-order chi connectivity index (χ0) is 12.6. The molecule has 0 radical (unpaired) electrons. The minimum atomic E-state index is 0.104. The van der Waals surface area contributed by atoms with Crippen LogP contribution in [-0.4, -0.2) is 5.78 Å². The zero-order valence-electron chi connectivity index (χ0n) is 10.0. The predicted octanol–water partition coefficient (Wildman–Crippen LogP) is 4.67. The van der Waals surface area contributed by atoms with Crippen LogP contribution in [0.5, 0.6) is 0 Å². The number of rotatable bonds is 2. The Bertz CT molecular complexity index is 584. The number of thiophene rings is 1. The molecule has 0 atom stereocenters. The van der Waals surface area contributed by atoms with E-state index in [1.165, 1.54) is 16.9 Å². The Balaban J connectivity index is 2.47. The first-order chi connectivity index (χ1) is 7.99. The second-order valence-electron chi connectivity index (χ2n) is 4.18. The summed E-state index contributed by atoms with van der Waals surface area (Å²) >= 11 is 4.98. The average Bonchev–Trinajstić information content (AvgIpc) is 2.57. The summed E-state index contributed by atoms with van der Waals surface area (Å²) in [6.45, 7) is 6.02. The average molecular weight is 309 g/mol. The van der Waals surface area contributed by atoms with E-state index < -0.39 is 0 Å². The third kappa shape index (κ3) is 2.50. The van der Waals surface area contributed by atoms with Gasteiger partial charge in [0.1, 0.15) is 0 Å². The fraction of sp³-hybridized carbons (Fsp3) is 0.214. The zero-order valence-corrected chi connectivity index (χ0v) is 12.4. The lowest BCUT2D eigenvalue weighted by molar-refractivity contribution is 0.104. The van der Waals surface area contributed by atoms with Gasteiger partial charge in [0.25, 0.3) is 0 Å². The van der Waals surface area contributed by atoms with Crippen LogP contribution in [0.2, 0.25) is 0 Å². The topological polar surface area (TPSA) is 17.1 Å². The van der Waals surface area contributed by atoms with Crippen LogP contribution in [-0.2, 0) is 0 Å². The van der Waals surface area contributed by atoms with Gasteiger partial charge in [-0.2, -0.15) is 0 Å². The van der Waals surface area contributed by atoms with Crippen molar-refractivity contribution in [3.63, 3.8) is 0 Å². The third-order valence-electron chi connectivity index (χ3n) is 2.64. The minimum absolute atomic E-state index is 0.104. The molecule has 1 nitrogen and oxygen atoms in total. The maximum absolute atomic E-state index is 12.4. The molecule has 0 unspecified atom stereocenters. The first kappa shape index (κ1) is 12.5. The van der Waals surface area contributed by atoms with Crippen molar-refractivity contribution in [1.82, 2.24) is 0 Å². The highest BCUT2D eigenvalue weighted by Crippen LogP contribution is 2.29. The molecule has 0 amide bonds. The summed E-state index contributed by atoms with van der Waals surface area (Å²) in [6, 6.07) is 7.92. The van der Waals surface area contributed by atoms with Crippen LogP contribution in [0.1, 0.15) is 31.2 Å². The lowest BCUT2D eigenvalue weighted by atomic mass is 10.0. The van der Waals surface area contributed by atoms with Crippen molar-refractivity contribution in [2.75, 3.05) is 0 Å². The van der Waals surface area contributed by atoms with Gasteiger partial charge < -0.3 is 0 Å². The predicted molar refractivity (Wildman–Crippen MR) is 76.1 cm³/mol. The number of hydrogen-bond acceptors (Lipinski definition) is 2. The Morgan fingerprint density at radius 2 is 1.88 bits per heavy atom. The fourth-order valence-electron chi connectivity index (χ4n) is 1.83. The van der Waals surface area contributed by atoms with Gasteiger partial charge in [-0.05, 0) is 48.3 Å². The van der Waals surface area contributed by atoms with Crippen LogP contribution in [0, 0.1) is 20.8 Å². The third-order valence-corrected chi connectivity index (χ3v) is 4.58. The molecule has 0 fully saturated rings. The highest BCUT2D eigenvalue weighted by Gasteiger charge is 2.17. The summed E-state index contributed by atoms with van der Waals surface area (Å²) in [7, 11) is 0. The molecule has 3 heteroatoms. The van der Waals surface area contributed by atoms with Gasteiger partial charge in [0.2, 0.25) is 5.78 Å². The second-order valence-corrected chi connectivity index (χ2v) is 6.29. The van der Waals surface area contributed by atoms with Gasteiger partial charge in [0.15, 0.2) is 0 Å². The van der Waals surface area contributed by atoms with Crippen LogP contribution in [0.15, 0.2) is 28.7 Å². The SMILES string of the molecule is Cc1ccc(C(=O)c2sc(C)cc2Br)c(C)c1. The molecular weight excluding hydrogens is 296 g/mol.